The van der Waals surface area contributed by atoms with Crippen LogP contribution in [-0.2, 0) is 5.41 Å². The van der Waals surface area contributed by atoms with Crippen LogP contribution in [0.15, 0.2) is 24.3 Å². The van der Waals surface area contributed by atoms with Gasteiger partial charge in [0.1, 0.15) is 0 Å². The van der Waals surface area contributed by atoms with Gasteiger partial charge in [-0.05, 0) is 31.0 Å². The Hall–Kier alpha value is -1.51. The minimum absolute atomic E-state index is 0.372. The van der Waals surface area contributed by atoms with Gasteiger partial charge in [0.05, 0.1) is 17.6 Å². The fourth-order valence-corrected chi connectivity index (χ4v) is 1.59. The van der Waals surface area contributed by atoms with Crippen molar-refractivity contribution in [3.8, 4) is 12.1 Å². The highest BCUT2D eigenvalue weighted by Crippen LogP contribution is 2.29. The van der Waals surface area contributed by atoms with E-state index in [4.69, 9.17) is 22.1 Å². The number of nitrogens with zero attached hydrogens (tertiary/aromatic N) is 2. The summed E-state index contributed by atoms with van der Waals surface area (Å²) in [6.45, 7) is 1.83. The monoisotopic (exact) mass is 218 g/mol. The first-order chi connectivity index (χ1) is 7.12. The quantitative estimate of drug-likeness (QED) is 0.781. The van der Waals surface area contributed by atoms with Crippen molar-refractivity contribution < 1.29 is 0 Å². The summed E-state index contributed by atoms with van der Waals surface area (Å²) in [5, 5.41) is 18.3. The fourth-order valence-electron chi connectivity index (χ4n) is 1.40. The van der Waals surface area contributed by atoms with E-state index < -0.39 is 5.41 Å². The summed E-state index contributed by atoms with van der Waals surface area (Å²) >= 11 is 5.87. The summed E-state index contributed by atoms with van der Waals surface area (Å²) in [6.07, 6.45) is 0.900. The zero-order valence-corrected chi connectivity index (χ0v) is 9.25. The molecule has 0 N–H and O–H groups in total. The molecule has 15 heavy (non-hydrogen) atoms. The Bertz CT molecular complexity index is 428. The molecule has 0 fully saturated rings. The molecule has 0 saturated carbocycles. The lowest BCUT2D eigenvalue weighted by Gasteiger charge is -2.20. The molecule has 0 heterocycles. The maximum Gasteiger partial charge on any atom is 0.0804 e. The van der Waals surface area contributed by atoms with Crippen LogP contribution < -0.4 is 0 Å². The number of halogens is 1. The third kappa shape index (κ3) is 2.72. The molecular weight excluding hydrogens is 208 g/mol. The Morgan fingerprint density at radius 1 is 1.40 bits per heavy atom. The number of nitriles is 2. The predicted octanol–water partition coefficient (Wildman–Crippen LogP) is 3.43. The highest BCUT2D eigenvalue weighted by atomic mass is 35.5. The molecule has 2 nitrogen and oxygen atoms in total. The van der Waals surface area contributed by atoms with Gasteiger partial charge >= 0.3 is 0 Å². The first kappa shape index (κ1) is 11.6. The third-order valence-electron chi connectivity index (χ3n) is 2.45. The van der Waals surface area contributed by atoms with E-state index in [-0.39, 0.29) is 0 Å². The van der Waals surface area contributed by atoms with Gasteiger partial charge in [0.15, 0.2) is 0 Å². The van der Waals surface area contributed by atoms with E-state index in [1.165, 1.54) is 0 Å². The zero-order valence-electron chi connectivity index (χ0n) is 8.50. The molecule has 76 valence electrons. The summed E-state index contributed by atoms with van der Waals surface area (Å²) < 4.78 is 0. The highest BCUT2D eigenvalue weighted by molar-refractivity contribution is 6.30. The zero-order chi connectivity index (χ0) is 11.3. The molecule has 3 heteroatoms. The van der Waals surface area contributed by atoms with Crippen LogP contribution in [0.25, 0.3) is 0 Å². The van der Waals surface area contributed by atoms with Gasteiger partial charge in [-0.1, -0.05) is 23.7 Å². The van der Waals surface area contributed by atoms with Crippen molar-refractivity contribution in [1.82, 2.24) is 0 Å². The Morgan fingerprint density at radius 3 is 2.67 bits per heavy atom. The molecule has 0 spiro atoms. The second-order valence-corrected chi connectivity index (χ2v) is 4.05. The van der Waals surface area contributed by atoms with Gasteiger partial charge in [-0.2, -0.15) is 10.5 Å². The standard InChI is InChI=1S/C12H11ClN2/c1-12(9-15,6-3-7-14)10-4-2-5-11(13)8-10/h2,4-5,8H,3,6H2,1H3. The normalized spacial score (nSPS) is 13.6. The van der Waals surface area contributed by atoms with E-state index in [9.17, 15) is 0 Å². The van der Waals surface area contributed by atoms with Crippen LogP contribution >= 0.6 is 11.6 Å². The van der Waals surface area contributed by atoms with Gasteiger partial charge in [0.25, 0.3) is 0 Å². The molecule has 1 aromatic rings. The SMILES string of the molecule is CC(C#N)(CCC#N)c1cccc(Cl)c1. The van der Waals surface area contributed by atoms with Crippen molar-refractivity contribution in [3.05, 3.63) is 34.9 Å². The van der Waals surface area contributed by atoms with E-state index >= 15 is 0 Å². The Labute approximate surface area is 94.7 Å². The Kier molecular flexibility index (Phi) is 3.72. The lowest BCUT2D eigenvalue weighted by Crippen LogP contribution is -2.19. The molecular formula is C12H11ClN2. The van der Waals surface area contributed by atoms with Crippen molar-refractivity contribution in [2.24, 2.45) is 0 Å². The lowest BCUT2D eigenvalue weighted by atomic mass is 9.80. The van der Waals surface area contributed by atoms with Gasteiger partial charge in [-0.25, -0.2) is 0 Å². The molecule has 0 aliphatic carbocycles. The van der Waals surface area contributed by atoms with Crippen LogP contribution in [0.3, 0.4) is 0 Å². The topological polar surface area (TPSA) is 47.6 Å². The molecule has 0 bridgehead atoms. The fraction of sp³-hybridized carbons (Fsp3) is 0.333. The van der Waals surface area contributed by atoms with Crippen LogP contribution in [0.1, 0.15) is 25.3 Å². The summed E-state index contributed by atoms with van der Waals surface area (Å²) in [5.41, 5.74) is 0.244. The second kappa shape index (κ2) is 4.82. The third-order valence-corrected chi connectivity index (χ3v) is 2.68. The first-order valence-corrected chi connectivity index (χ1v) is 5.04. The van der Waals surface area contributed by atoms with Gasteiger partial charge in [-0.15, -0.1) is 0 Å². The van der Waals surface area contributed by atoms with Crippen LogP contribution in [0.2, 0.25) is 5.02 Å². The molecule has 0 aliphatic rings. The molecule has 1 unspecified atom stereocenters. The predicted molar refractivity (Wildman–Crippen MR) is 59.3 cm³/mol. The van der Waals surface area contributed by atoms with E-state index in [2.05, 4.69) is 12.1 Å². The molecule has 0 aromatic heterocycles. The van der Waals surface area contributed by atoms with Gasteiger partial charge < -0.3 is 0 Å². The molecule has 0 aliphatic heterocycles. The van der Waals surface area contributed by atoms with Crippen molar-refractivity contribution >= 4 is 11.6 Å². The molecule has 0 amide bonds. The van der Waals surface area contributed by atoms with Crippen molar-refractivity contribution in [1.29, 1.82) is 10.5 Å². The van der Waals surface area contributed by atoms with Gasteiger partial charge in [0.2, 0.25) is 0 Å². The Balaban J connectivity index is 3.02. The average molecular weight is 219 g/mol. The highest BCUT2D eigenvalue weighted by Gasteiger charge is 2.25. The molecule has 1 aromatic carbocycles. The number of benzene rings is 1. The summed E-state index contributed by atoms with van der Waals surface area (Å²) in [5.74, 6) is 0. The smallest absolute Gasteiger partial charge is 0.0804 e. The van der Waals surface area contributed by atoms with E-state index in [1.807, 2.05) is 19.1 Å². The van der Waals surface area contributed by atoms with Crippen molar-refractivity contribution in [3.63, 3.8) is 0 Å². The van der Waals surface area contributed by atoms with E-state index in [0.29, 0.717) is 17.9 Å². The number of rotatable bonds is 3. The largest absolute Gasteiger partial charge is 0.198 e. The minimum atomic E-state index is -0.624. The average Bonchev–Trinajstić information content (AvgIpc) is 2.26. The number of hydrogen-bond donors (Lipinski definition) is 0. The summed E-state index contributed by atoms with van der Waals surface area (Å²) in [4.78, 5) is 0. The maximum absolute atomic E-state index is 9.15. The summed E-state index contributed by atoms with van der Waals surface area (Å²) in [7, 11) is 0. The Morgan fingerprint density at radius 2 is 2.13 bits per heavy atom. The lowest BCUT2D eigenvalue weighted by molar-refractivity contribution is 0.562. The van der Waals surface area contributed by atoms with Crippen LogP contribution in [0.5, 0.6) is 0 Å². The minimum Gasteiger partial charge on any atom is -0.198 e. The molecule has 1 rings (SSSR count). The number of hydrogen-bond acceptors (Lipinski definition) is 2. The summed E-state index contributed by atoms with van der Waals surface area (Å²) in [6, 6.07) is 11.5. The molecule has 1 atom stereocenters. The molecule has 0 saturated heterocycles. The van der Waals surface area contributed by atoms with E-state index in [1.54, 1.807) is 12.1 Å². The second-order valence-electron chi connectivity index (χ2n) is 3.61. The van der Waals surface area contributed by atoms with Gasteiger partial charge in [0, 0.05) is 11.4 Å². The maximum atomic E-state index is 9.15. The van der Waals surface area contributed by atoms with Crippen molar-refractivity contribution in [2.75, 3.05) is 0 Å². The van der Waals surface area contributed by atoms with Gasteiger partial charge in [-0.3, -0.25) is 0 Å². The van der Waals surface area contributed by atoms with Crippen LogP contribution in [0, 0.1) is 22.7 Å². The first-order valence-electron chi connectivity index (χ1n) is 4.66. The van der Waals surface area contributed by atoms with Crippen LogP contribution in [-0.4, -0.2) is 0 Å². The van der Waals surface area contributed by atoms with Crippen LogP contribution in [0.4, 0.5) is 0 Å². The van der Waals surface area contributed by atoms with E-state index in [0.717, 1.165) is 5.56 Å². The van der Waals surface area contributed by atoms with Crippen molar-refractivity contribution in [2.45, 2.75) is 25.2 Å². The molecule has 0 radical (unpaired) electrons.